The predicted octanol–water partition coefficient (Wildman–Crippen LogP) is 3.61. The first-order valence-corrected chi connectivity index (χ1v) is 6.78. The van der Waals surface area contributed by atoms with Crippen molar-refractivity contribution in [2.45, 2.75) is 0 Å². The molecular weight excluding hydrogens is 252 g/mol. The molecule has 0 radical (unpaired) electrons. The van der Waals surface area contributed by atoms with Crippen LogP contribution in [0.3, 0.4) is 0 Å². The minimum Gasteiger partial charge on any atom is -0.331 e. The standard InChI is InChI=1S/C13H11ClN2S/c14-11-4-1-3-10(9-11)12-5-2-6-16-7-8-17-15-13(12)16/h1-6,9H,7-8H2. The fourth-order valence-corrected chi connectivity index (χ4v) is 2.84. The molecule has 0 fully saturated rings. The van der Waals surface area contributed by atoms with Gasteiger partial charge in [0.2, 0.25) is 0 Å². The number of halogens is 1. The topological polar surface area (TPSA) is 15.6 Å². The van der Waals surface area contributed by atoms with Gasteiger partial charge in [0, 0.05) is 29.1 Å². The molecule has 86 valence electrons. The van der Waals surface area contributed by atoms with E-state index in [0.717, 1.165) is 34.3 Å². The molecule has 0 N–H and O–H groups in total. The molecule has 2 heterocycles. The Morgan fingerprint density at radius 3 is 3.18 bits per heavy atom. The minimum atomic E-state index is 0.758. The summed E-state index contributed by atoms with van der Waals surface area (Å²) in [7, 11) is 0. The second kappa shape index (κ2) is 4.59. The summed E-state index contributed by atoms with van der Waals surface area (Å²) in [6, 6.07) is 7.90. The highest BCUT2D eigenvalue weighted by Gasteiger charge is 2.21. The van der Waals surface area contributed by atoms with Gasteiger partial charge in [0.1, 0.15) is 5.84 Å². The molecule has 2 aliphatic heterocycles. The number of fused-ring (bicyclic) bond motifs is 1. The van der Waals surface area contributed by atoms with Gasteiger partial charge >= 0.3 is 0 Å². The van der Waals surface area contributed by atoms with E-state index in [-0.39, 0.29) is 0 Å². The molecule has 3 rings (SSSR count). The quantitative estimate of drug-likeness (QED) is 0.719. The maximum Gasteiger partial charge on any atom is 0.148 e. The molecule has 0 bridgehead atoms. The Bertz CT molecular complexity index is 534. The normalized spacial score (nSPS) is 18.5. The molecule has 1 aromatic rings. The molecule has 17 heavy (non-hydrogen) atoms. The van der Waals surface area contributed by atoms with Crippen molar-refractivity contribution in [3.63, 3.8) is 0 Å². The molecular formula is C13H11ClN2S. The van der Waals surface area contributed by atoms with Crippen molar-refractivity contribution in [3.05, 3.63) is 53.2 Å². The zero-order chi connectivity index (χ0) is 11.7. The molecule has 2 aliphatic rings. The lowest BCUT2D eigenvalue weighted by molar-refractivity contribution is 0.594. The van der Waals surface area contributed by atoms with E-state index in [1.54, 1.807) is 11.9 Å². The number of rotatable bonds is 1. The summed E-state index contributed by atoms with van der Waals surface area (Å²) >= 11 is 7.66. The Morgan fingerprint density at radius 2 is 2.29 bits per heavy atom. The van der Waals surface area contributed by atoms with Crippen LogP contribution in [0, 0.1) is 0 Å². The number of amidine groups is 1. The lowest BCUT2D eigenvalue weighted by Gasteiger charge is -2.29. The molecule has 0 saturated carbocycles. The Labute approximate surface area is 110 Å². The van der Waals surface area contributed by atoms with Crippen LogP contribution in [-0.2, 0) is 0 Å². The fraction of sp³-hybridized carbons (Fsp3) is 0.154. The lowest BCUT2D eigenvalue weighted by Crippen LogP contribution is -2.32. The predicted molar refractivity (Wildman–Crippen MR) is 75.2 cm³/mol. The Hall–Kier alpha value is -1.19. The summed E-state index contributed by atoms with van der Waals surface area (Å²) in [5, 5.41) is 0.758. The first-order chi connectivity index (χ1) is 8.34. The number of benzene rings is 1. The van der Waals surface area contributed by atoms with E-state index in [4.69, 9.17) is 11.6 Å². The zero-order valence-electron chi connectivity index (χ0n) is 9.14. The van der Waals surface area contributed by atoms with E-state index < -0.39 is 0 Å². The summed E-state index contributed by atoms with van der Waals surface area (Å²) in [6.45, 7) is 1.01. The highest BCUT2D eigenvalue weighted by atomic mass is 35.5. The lowest BCUT2D eigenvalue weighted by atomic mass is 10.0. The second-order valence-electron chi connectivity index (χ2n) is 3.87. The Kier molecular flexibility index (Phi) is 2.95. The largest absolute Gasteiger partial charge is 0.331 e. The highest BCUT2D eigenvalue weighted by molar-refractivity contribution is 7.98. The Morgan fingerprint density at radius 1 is 1.35 bits per heavy atom. The van der Waals surface area contributed by atoms with E-state index >= 15 is 0 Å². The maximum absolute atomic E-state index is 6.04. The molecule has 0 unspecified atom stereocenters. The van der Waals surface area contributed by atoms with Crippen molar-refractivity contribution in [1.29, 1.82) is 0 Å². The fourth-order valence-electron chi connectivity index (χ4n) is 1.95. The molecule has 0 aromatic heterocycles. The SMILES string of the molecule is Clc1cccc(C2=CC=CN3CCSN=C23)c1. The minimum absolute atomic E-state index is 0.758. The summed E-state index contributed by atoms with van der Waals surface area (Å²) < 4.78 is 4.54. The third-order valence-electron chi connectivity index (χ3n) is 2.75. The van der Waals surface area contributed by atoms with Crippen LogP contribution >= 0.6 is 23.5 Å². The van der Waals surface area contributed by atoms with Crippen molar-refractivity contribution >= 4 is 35.0 Å². The van der Waals surface area contributed by atoms with Crippen LogP contribution in [0.1, 0.15) is 5.56 Å². The van der Waals surface area contributed by atoms with E-state index in [0.29, 0.717) is 0 Å². The molecule has 0 amide bonds. The van der Waals surface area contributed by atoms with Crippen molar-refractivity contribution in [2.24, 2.45) is 4.40 Å². The average molecular weight is 263 g/mol. The van der Waals surface area contributed by atoms with Gasteiger partial charge in [-0.05, 0) is 41.8 Å². The van der Waals surface area contributed by atoms with Gasteiger partial charge in [0.15, 0.2) is 0 Å². The molecule has 0 aliphatic carbocycles. The van der Waals surface area contributed by atoms with Gasteiger partial charge in [0.05, 0.1) is 0 Å². The van der Waals surface area contributed by atoms with E-state index in [1.807, 2.05) is 18.2 Å². The van der Waals surface area contributed by atoms with E-state index in [2.05, 4.69) is 33.7 Å². The monoisotopic (exact) mass is 262 g/mol. The van der Waals surface area contributed by atoms with Gasteiger partial charge in [-0.15, -0.1) is 0 Å². The van der Waals surface area contributed by atoms with Gasteiger partial charge < -0.3 is 4.90 Å². The Balaban J connectivity index is 2.05. The summed E-state index contributed by atoms with van der Waals surface area (Å²) in [5.74, 6) is 2.07. The van der Waals surface area contributed by atoms with E-state index in [1.165, 1.54) is 0 Å². The second-order valence-corrected chi connectivity index (χ2v) is 5.16. The molecule has 0 spiro atoms. The molecule has 2 nitrogen and oxygen atoms in total. The van der Waals surface area contributed by atoms with Gasteiger partial charge in [0.25, 0.3) is 0 Å². The third-order valence-corrected chi connectivity index (χ3v) is 3.65. The molecule has 0 saturated heterocycles. The van der Waals surface area contributed by atoms with Crippen molar-refractivity contribution in [2.75, 3.05) is 12.3 Å². The summed E-state index contributed by atoms with van der Waals surface area (Å²) in [5.41, 5.74) is 2.26. The van der Waals surface area contributed by atoms with Crippen molar-refractivity contribution < 1.29 is 0 Å². The van der Waals surface area contributed by atoms with Gasteiger partial charge in [-0.3, -0.25) is 0 Å². The van der Waals surface area contributed by atoms with Crippen LogP contribution < -0.4 is 0 Å². The average Bonchev–Trinajstić information content (AvgIpc) is 2.38. The third kappa shape index (κ3) is 2.13. The van der Waals surface area contributed by atoms with Crippen LogP contribution in [0.4, 0.5) is 0 Å². The maximum atomic E-state index is 6.04. The number of nitrogens with zero attached hydrogens (tertiary/aromatic N) is 2. The molecule has 0 atom stereocenters. The molecule has 4 heteroatoms. The summed E-state index contributed by atoms with van der Waals surface area (Å²) in [6.07, 6.45) is 6.23. The highest BCUT2D eigenvalue weighted by Crippen LogP contribution is 2.28. The van der Waals surface area contributed by atoms with Crippen molar-refractivity contribution in [3.8, 4) is 0 Å². The van der Waals surface area contributed by atoms with E-state index in [9.17, 15) is 0 Å². The first-order valence-electron chi connectivity index (χ1n) is 5.46. The summed E-state index contributed by atoms with van der Waals surface area (Å²) in [4.78, 5) is 2.19. The van der Waals surface area contributed by atoms with Crippen LogP contribution in [0.25, 0.3) is 5.57 Å². The zero-order valence-corrected chi connectivity index (χ0v) is 10.7. The van der Waals surface area contributed by atoms with Gasteiger partial charge in [-0.1, -0.05) is 23.7 Å². The first kappa shape index (κ1) is 10.9. The van der Waals surface area contributed by atoms with Crippen LogP contribution in [-0.4, -0.2) is 23.0 Å². The van der Waals surface area contributed by atoms with Gasteiger partial charge in [-0.25, -0.2) is 0 Å². The number of hydrogen-bond donors (Lipinski definition) is 0. The van der Waals surface area contributed by atoms with Crippen LogP contribution in [0.15, 0.2) is 47.0 Å². The smallest absolute Gasteiger partial charge is 0.148 e. The number of hydrogen-bond acceptors (Lipinski definition) is 3. The van der Waals surface area contributed by atoms with Crippen LogP contribution in [0.2, 0.25) is 5.02 Å². The van der Waals surface area contributed by atoms with Crippen molar-refractivity contribution in [1.82, 2.24) is 4.90 Å². The van der Waals surface area contributed by atoms with Gasteiger partial charge in [-0.2, -0.15) is 4.40 Å². The van der Waals surface area contributed by atoms with Crippen LogP contribution in [0.5, 0.6) is 0 Å². The molecule has 1 aromatic carbocycles. The number of allylic oxidation sites excluding steroid dienone is 2.